The molecule has 4 bridgehead atoms. The van der Waals surface area contributed by atoms with Crippen LogP contribution in [-0.2, 0) is 0 Å². The summed E-state index contributed by atoms with van der Waals surface area (Å²) in [5.41, 5.74) is 1.18. The van der Waals surface area contributed by atoms with Gasteiger partial charge in [0.2, 0.25) is 0 Å². The maximum atomic E-state index is 12.7. The molecular formula is C20H27ClN2O. The fraction of sp³-hybridized carbons (Fsp3) is 0.650. The first-order chi connectivity index (χ1) is 11.5. The largest absolute Gasteiger partial charge is 0.333 e. The number of carbonyl (C=O) groups excluding carboxylic acids is 1. The van der Waals surface area contributed by atoms with Gasteiger partial charge in [-0.05, 0) is 80.4 Å². The van der Waals surface area contributed by atoms with E-state index in [2.05, 4.69) is 17.6 Å². The number of rotatable bonds is 4. The van der Waals surface area contributed by atoms with Crippen molar-refractivity contribution >= 4 is 17.6 Å². The van der Waals surface area contributed by atoms with Crippen LogP contribution in [0.1, 0.15) is 63.5 Å². The third-order valence-corrected chi connectivity index (χ3v) is 6.65. The maximum Gasteiger partial charge on any atom is 0.315 e. The number of carbonyl (C=O) groups is 1. The molecule has 1 aromatic rings. The minimum atomic E-state index is -0.00116. The van der Waals surface area contributed by atoms with Crippen molar-refractivity contribution in [3.8, 4) is 0 Å². The van der Waals surface area contributed by atoms with Crippen LogP contribution in [0.25, 0.3) is 0 Å². The molecule has 4 aliphatic carbocycles. The zero-order valence-electron chi connectivity index (χ0n) is 14.4. The maximum absolute atomic E-state index is 12.7. The number of amides is 2. The van der Waals surface area contributed by atoms with E-state index in [1.54, 1.807) is 0 Å². The van der Waals surface area contributed by atoms with Crippen LogP contribution >= 0.6 is 11.6 Å². The molecule has 0 radical (unpaired) electrons. The molecule has 0 aromatic heterocycles. The highest BCUT2D eigenvalue weighted by molar-refractivity contribution is 6.30. The summed E-state index contributed by atoms with van der Waals surface area (Å²) in [6.07, 6.45) is 8.61. The Bertz CT molecular complexity index is 577. The molecule has 24 heavy (non-hydrogen) atoms. The van der Waals surface area contributed by atoms with E-state index in [4.69, 9.17) is 11.6 Å². The first-order valence-corrected chi connectivity index (χ1v) is 9.77. The van der Waals surface area contributed by atoms with E-state index >= 15 is 0 Å². The summed E-state index contributed by atoms with van der Waals surface area (Å²) in [7, 11) is 0. The Hall–Kier alpha value is -1.22. The van der Waals surface area contributed by atoms with Crippen molar-refractivity contribution in [2.45, 2.75) is 63.5 Å². The Morgan fingerprint density at radius 1 is 1.12 bits per heavy atom. The van der Waals surface area contributed by atoms with Gasteiger partial charge < -0.3 is 10.6 Å². The first kappa shape index (κ1) is 16.3. The fourth-order valence-corrected chi connectivity index (χ4v) is 5.94. The van der Waals surface area contributed by atoms with Crippen molar-refractivity contribution in [3.05, 3.63) is 34.9 Å². The molecule has 5 rings (SSSR count). The van der Waals surface area contributed by atoms with Gasteiger partial charge in [0, 0.05) is 10.6 Å². The zero-order valence-corrected chi connectivity index (χ0v) is 15.1. The number of nitrogens with one attached hydrogen (secondary N) is 2. The third kappa shape index (κ3) is 3.15. The number of urea groups is 1. The molecule has 0 aliphatic heterocycles. The summed E-state index contributed by atoms with van der Waals surface area (Å²) >= 11 is 5.97. The van der Waals surface area contributed by atoms with Crippen LogP contribution < -0.4 is 10.6 Å². The second kappa shape index (κ2) is 6.25. The molecule has 1 aromatic carbocycles. The minimum absolute atomic E-state index is 0.00116. The lowest BCUT2D eigenvalue weighted by atomic mass is 9.53. The van der Waals surface area contributed by atoms with Crippen molar-refractivity contribution in [1.29, 1.82) is 0 Å². The number of hydrogen-bond acceptors (Lipinski definition) is 1. The molecule has 0 spiro atoms. The molecule has 1 atom stereocenters. The predicted octanol–water partition coefficient (Wildman–Crippen LogP) is 5.06. The Morgan fingerprint density at radius 3 is 2.17 bits per heavy atom. The lowest BCUT2D eigenvalue weighted by Crippen LogP contribution is -2.61. The van der Waals surface area contributed by atoms with Gasteiger partial charge in [0.05, 0.1) is 6.04 Å². The minimum Gasteiger partial charge on any atom is -0.333 e. The highest BCUT2D eigenvalue weighted by Crippen LogP contribution is 2.55. The van der Waals surface area contributed by atoms with Gasteiger partial charge in [0.1, 0.15) is 0 Å². The first-order valence-electron chi connectivity index (χ1n) is 9.39. The topological polar surface area (TPSA) is 41.1 Å². The van der Waals surface area contributed by atoms with Gasteiger partial charge in [0.15, 0.2) is 0 Å². The van der Waals surface area contributed by atoms with E-state index in [9.17, 15) is 4.79 Å². The highest BCUT2D eigenvalue weighted by Gasteiger charge is 2.51. The second-order valence-electron chi connectivity index (χ2n) is 8.31. The summed E-state index contributed by atoms with van der Waals surface area (Å²) in [4.78, 5) is 12.7. The average Bonchev–Trinajstić information content (AvgIpc) is 2.51. The summed E-state index contributed by atoms with van der Waals surface area (Å²) in [5, 5.41) is 7.31. The highest BCUT2D eigenvalue weighted by atomic mass is 35.5. The van der Waals surface area contributed by atoms with Gasteiger partial charge >= 0.3 is 6.03 Å². The number of hydrogen-bond donors (Lipinski definition) is 2. The van der Waals surface area contributed by atoms with Gasteiger partial charge in [0.25, 0.3) is 0 Å². The smallest absolute Gasteiger partial charge is 0.315 e. The standard InChI is InChI=1S/C20H27ClN2O/c1-2-18(16-3-5-17(21)6-4-16)22-19(24)23-20-10-13-7-14(11-20)9-15(8-13)12-20/h3-6,13-15,18H,2,7-12H2,1H3,(H2,22,23,24)/t13?,14?,15?,18-,20?/m1/s1. The lowest BCUT2D eigenvalue weighted by Gasteiger charge is -2.56. The Labute approximate surface area is 149 Å². The number of benzene rings is 1. The molecule has 130 valence electrons. The Morgan fingerprint density at radius 2 is 1.67 bits per heavy atom. The molecule has 4 fully saturated rings. The zero-order chi connectivity index (χ0) is 16.7. The molecule has 3 nitrogen and oxygen atoms in total. The van der Waals surface area contributed by atoms with Crippen LogP contribution in [0, 0.1) is 17.8 Å². The monoisotopic (exact) mass is 346 g/mol. The van der Waals surface area contributed by atoms with E-state index in [1.165, 1.54) is 38.5 Å². The van der Waals surface area contributed by atoms with E-state index in [-0.39, 0.29) is 17.6 Å². The van der Waals surface area contributed by atoms with Crippen LogP contribution in [0.4, 0.5) is 4.79 Å². The summed E-state index contributed by atoms with van der Waals surface area (Å²) in [5.74, 6) is 2.53. The molecular weight excluding hydrogens is 320 g/mol. The molecule has 2 amide bonds. The Kier molecular flexibility index (Phi) is 4.24. The lowest BCUT2D eigenvalue weighted by molar-refractivity contribution is -0.0136. The van der Waals surface area contributed by atoms with Crippen LogP contribution in [0.3, 0.4) is 0 Å². The normalized spacial score (nSPS) is 34.8. The molecule has 4 heteroatoms. The van der Waals surface area contributed by atoms with Gasteiger partial charge in [-0.2, -0.15) is 0 Å². The van der Waals surface area contributed by atoms with Gasteiger partial charge in [-0.25, -0.2) is 4.79 Å². The molecule has 0 heterocycles. The van der Waals surface area contributed by atoms with Crippen LogP contribution in [0.15, 0.2) is 24.3 Å². The molecule has 0 unspecified atom stereocenters. The van der Waals surface area contributed by atoms with Gasteiger partial charge in [-0.3, -0.25) is 0 Å². The third-order valence-electron chi connectivity index (χ3n) is 6.40. The van der Waals surface area contributed by atoms with E-state index in [1.807, 2.05) is 24.3 Å². The van der Waals surface area contributed by atoms with Crippen molar-refractivity contribution < 1.29 is 4.79 Å². The van der Waals surface area contributed by atoms with Crippen molar-refractivity contribution in [3.63, 3.8) is 0 Å². The molecule has 4 aliphatic rings. The predicted molar refractivity (Wildman–Crippen MR) is 97.1 cm³/mol. The van der Waals surface area contributed by atoms with Gasteiger partial charge in [-0.1, -0.05) is 30.7 Å². The van der Waals surface area contributed by atoms with E-state index < -0.39 is 0 Å². The van der Waals surface area contributed by atoms with Crippen LogP contribution in [0.5, 0.6) is 0 Å². The quantitative estimate of drug-likeness (QED) is 0.786. The summed E-state index contributed by atoms with van der Waals surface area (Å²) in [6.45, 7) is 2.10. The van der Waals surface area contributed by atoms with Crippen LogP contribution in [-0.4, -0.2) is 11.6 Å². The molecule has 4 saturated carbocycles. The van der Waals surface area contributed by atoms with Gasteiger partial charge in [-0.15, -0.1) is 0 Å². The fourth-order valence-electron chi connectivity index (χ4n) is 5.82. The van der Waals surface area contributed by atoms with Crippen LogP contribution in [0.2, 0.25) is 5.02 Å². The van der Waals surface area contributed by atoms with E-state index in [0.29, 0.717) is 0 Å². The van der Waals surface area contributed by atoms with Crippen molar-refractivity contribution in [2.75, 3.05) is 0 Å². The van der Waals surface area contributed by atoms with E-state index in [0.717, 1.165) is 34.8 Å². The van der Waals surface area contributed by atoms with Crippen molar-refractivity contribution in [2.24, 2.45) is 17.8 Å². The SMILES string of the molecule is CC[C@@H](NC(=O)NC12CC3CC(CC(C3)C1)C2)c1ccc(Cl)cc1. The van der Waals surface area contributed by atoms with Crippen molar-refractivity contribution in [1.82, 2.24) is 10.6 Å². The molecule has 0 saturated heterocycles. The second-order valence-corrected chi connectivity index (χ2v) is 8.75. The average molecular weight is 347 g/mol. The molecule has 2 N–H and O–H groups in total. The summed E-state index contributed by atoms with van der Waals surface area (Å²) in [6, 6.07) is 7.81. The Balaban J connectivity index is 1.41. The number of halogens is 1. The summed E-state index contributed by atoms with van der Waals surface area (Å²) < 4.78 is 0.